The summed E-state index contributed by atoms with van der Waals surface area (Å²) in [5.41, 5.74) is 2.24. The second-order valence-electron chi connectivity index (χ2n) is 5.29. The van der Waals surface area contributed by atoms with Crippen molar-refractivity contribution in [1.29, 1.82) is 0 Å². The second kappa shape index (κ2) is 6.72. The maximum absolute atomic E-state index is 12.2. The van der Waals surface area contributed by atoms with Crippen LogP contribution in [0.4, 0.5) is 5.69 Å². The first-order valence-electron chi connectivity index (χ1n) is 7.33. The monoisotopic (exact) mass is 343 g/mol. The molecule has 1 aromatic heterocycles. The van der Waals surface area contributed by atoms with Crippen LogP contribution in [0.5, 0.6) is 0 Å². The SMILES string of the molecule is O=C(NCCc1c[nH]c2ccccc12)c1ccc([N+](=O)[O-])cc1Cl. The largest absolute Gasteiger partial charge is 0.361 e. The number of hydrogen-bond acceptors (Lipinski definition) is 3. The van der Waals surface area contributed by atoms with Gasteiger partial charge < -0.3 is 10.3 Å². The number of rotatable bonds is 5. The molecule has 1 heterocycles. The molecule has 0 atom stereocenters. The second-order valence-corrected chi connectivity index (χ2v) is 5.69. The van der Waals surface area contributed by atoms with Crippen LogP contribution >= 0.6 is 11.6 Å². The van der Waals surface area contributed by atoms with Crippen LogP contribution in [0, 0.1) is 10.1 Å². The number of halogens is 1. The Morgan fingerprint density at radius 3 is 2.79 bits per heavy atom. The molecule has 2 N–H and O–H groups in total. The van der Waals surface area contributed by atoms with Crippen molar-refractivity contribution in [2.45, 2.75) is 6.42 Å². The van der Waals surface area contributed by atoms with Crippen LogP contribution in [-0.2, 0) is 6.42 Å². The molecule has 0 saturated heterocycles. The fourth-order valence-corrected chi connectivity index (χ4v) is 2.81. The summed E-state index contributed by atoms with van der Waals surface area (Å²) in [5.74, 6) is -0.352. The number of benzene rings is 2. The van der Waals surface area contributed by atoms with Crippen LogP contribution in [0.1, 0.15) is 15.9 Å². The molecule has 0 fully saturated rings. The highest BCUT2D eigenvalue weighted by Gasteiger charge is 2.14. The van der Waals surface area contributed by atoms with E-state index in [9.17, 15) is 14.9 Å². The third kappa shape index (κ3) is 3.23. The Kier molecular flexibility index (Phi) is 4.48. The van der Waals surface area contributed by atoms with Crippen LogP contribution in [0.2, 0.25) is 5.02 Å². The van der Waals surface area contributed by atoms with Crippen molar-refractivity contribution in [3.05, 3.63) is 74.9 Å². The summed E-state index contributed by atoms with van der Waals surface area (Å²) >= 11 is 5.95. The van der Waals surface area contributed by atoms with Crippen molar-refractivity contribution >= 4 is 34.1 Å². The highest BCUT2D eigenvalue weighted by molar-refractivity contribution is 6.34. The number of nitrogens with zero attached hydrogens (tertiary/aromatic N) is 1. The minimum atomic E-state index is -0.551. The number of non-ortho nitro benzene ring substituents is 1. The normalized spacial score (nSPS) is 10.7. The van der Waals surface area contributed by atoms with Gasteiger partial charge >= 0.3 is 0 Å². The topological polar surface area (TPSA) is 88.0 Å². The number of aromatic nitrogens is 1. The van der Waals surface area contributed by atoms with Crippen molar-refractivity contribution < 1.29 is 9.72 Å². The average molecular weight is 344 g/mol. The van der Waals surface area contributed by atoms with Crippen molar-refractivity contribution in [3.8, 4) is 0 Å². The predicted octanol–water partition coefficient (Wildman–Crippen LogP) is 3.70. The summed E-state index contributed by atoms with van der Waals surface area (Å²) in [6, 6.07) is 11.7. The van der Waals surface area contributed by atoms with E-state index in [0.29, 0.717) is 13.0 Å². The molecule has 3 aromatic rings. The van der Waals surface area contributed by atoms with Gasteiger partial charge in [-0.3, -0.25) is 14.9 Å². The van der Waals surface area contributed by atoms with Crippen molar-refractivity contribution in [2.24, 2.45) is 0 Å². The van der Waals surface area contributed by atoms with Gasteiger partial charge in [-0.15, -0.1) is 0 Å². The van der Waals surface area contributed by atoms with E-state index in [-0.39, 0.29) is 22.2 Å². The number of H-pyrrole nitrogens is 1. The zero-order valence-corrected chi connectivity index (χ0v) is 13.3. The van der Waals surface area contributed by atoms with Crippen LogP contribution < -0.4 is 5.32 Å². The molecule has 122 valence electrons. The minimum absolute atomic E-state index is 0.0637. The zero-order valence-electron chi connectivity index (χ0n) is 12.6. The quantitative estimate of drug-likeness (QED) is 0.547. The lowest BCUT2D eigenvalue weighted by Crippen LogP contribution is -2.25. The number of nitrogens with one attached hydrogen (secondary N) is 2. The smallest absolute Gasteiger partial charge is 0.270 e. The number of hydrogen-bond donors (Lipinski definition) is 2. The van der Waals surface area contributed by atoms with Crippen LogP contribution in [0.3, 0.4) is 0 Å². The number of nitro groups is 1. The van der Waals surface area contributed by atoms with Crippen LogP contribution in [0.15, 0.2) is 48.7 Å². The third-order valence-corrected chi connectivity index (χ3v) is 4.08. The number of carbonyl (C=O) groups excluding carboxylic acids is 1. The van der Waals surface area contributed by atoms with E-state index in [1.165, 1.54) is 18.2 Å². The molecule has 7 heteroatoms. The molecule has 1 amide bonds. The Morgan fingerprint density at radius 1 is 1.25 bits per heavy atom. The Hall–Kier alpha value is -2.86. The number of para-hydroxylation sites is 1. The third-order valence-electron chi connectivity index (χ3n) is 3.76. The maximum Gasteiger partial charge on any atom is 0.270 e. The van der Waals surface area contributed by atoms with Gasteiger partial charge in [-0.2, -0.15) is 0 Å². The Morgan fingerprint density at radius 2 is 2.04 bits per heavy atom. The van der Waals surface area contributed by atoms with Crippen molar-refractivity contribution in [1.82, 2.24) is 10.3 Å². The molecular formula is C17H14ClN3O3. The fourth-order valence-electron chi connectivity index (χ4n) is 2.55. The van der Waals surface area contributed by atoms with Crippen molar-refractivity contribution in [2.75, 3.05) is 6.54 Å². The Balaban J connectivity index is 1.64. The highest BCUT2D eigenvalue weighted by atomic mass is 35.5. The maximum atomic E-state index is 12.2. The lowest BCUT2D eigenvalue weighted by Gasteiger charge is -2.06. The van der Waals surface area contributed by atoms with E-state index < -0.39 is 4.92 Å². The summed E-state index contributed by atoms with van der Waals surface area (Å²) in [4.78, 5) is 25.5. The van der Waals surface area contributed by atoms with Gasteiger partial charge in [0.1, 0.15) is 0 Å². The van der Waals surface area contributed by atoms with E-state index >= 15 is 0 Å². The summed E-state index contributed by atoms with van der Waals surface area (Å²) in [5, 5.41) is 14.7. The summed E-state index contributed by atoms with van der Waals surface area (Å²) in [6.07, 6.45) is 2.59. The zero-order chi connectivity index (χ0) is 17.1. The van der Waals surface area contributed by atoms with Gasteiger partial charge in [0.2, 0.25) is 0 Å². The molecule has 0 spiro atoms. The first-order valence-corrected chi connectivity index (χ1v) is 7.71. The first kappa shape index (κ1) is 16.0. The Labute approximate surface area is 142 Å². The predicted molar refractivity (Wildman–Crippen MR) is 92.4 cm³/mol. The van der Waals surface area contributed by atoms with E-state index in [1.54, 1.807) is 0 Å². The highest BCUT2D eigenvalue weighted by Crippen LogP contribution is 2.22. The lowest BCUT2D eigenvalue weighted by molar-refractivity contribution is -0.384. The summed E-state index contributed by atoms with van der Waals surface area (Å²) < 4.78 is 0. The van der Waals surface area contributed by atoms with Gasteiger partial charge in [0.15, 0.2) is 0 Å². The number of carbonyl (C=O) groups is 1. The van der Waals surface area contributed by atoms with Crippen LogP contribution in [-0.4, -0.2) is 22.4 Å². The molecule has 0 radical (unpaired) electrons. The molecule has 0 aliphatic carbocycles. The first-order chi connectivity index (χ1) is 11.6. The standard InChI is InChI=1S/C17H14ClN3O3/c18-15-9-12(21(23)24)5-6-14(15)17(22)19-8-7-11-10-20-16-4-2-1-3-13(11)16/h1-6,9-10,20H,7-8H2,(H,19,22). The minimum Gasteiger partial charge on any atom is -0.361 e. The van der Waals surface area contributed by atoms with E-state index in [0.717, 1.165) is 16.5 Å². The van der Waals surface area contributed by atoms with Gasteiger partial charge in [-0.25, -0.2) is 0 Å². The van der Waals surface area contributed by atoms with E-state index in [1.807, 2.05) is 30.5 Å². The summed E-state index contributed by atoms with van der Waals surface area (Å²) in [7, 11) is 0. The van der Waals surface area contributed by atoms with Gasteiger partial charge in [0.25, 0.3) is 11.6 Å². The molecule has 2 aromatic carbocycles. The molecule has 0 bridgehead atoms. The van der Waals surface area contributed by atoms with Crippen molar-refractivity contribution in [3.63, 3.8) is 0 Å². The molecule has 24 heavy (non-hydrogen) atoms. The number of nitro benzene ring substituents is 1. The number of amides is 1. The van der Waals surface area contributed by atoms with Gasteiger partial charge in [-0.1, -0.05) is 29.8 Å². The summed E-state index contributed by atoms with van der Waals surface area (Å²) in [6.45, 7) is 0.438. The van der Waals surface area contributed by atoms with Gasteiger partial charge in [0, 0.05) is 35.8 Å². The fraction of sp³-hybridized carbons (Fsp3) is 0.118. The lowest BCUT2D eigenvalue weighted by atomic mass is 10.1. The number of aromatic amines is 1. The molecule has 3 rings (SSSR count). The molecule has 0 saturated carbocycles. The molecule has 0 aliphatic rings. The van der Waals surface area contributed by atoms with Gasteiger partial charge in [-0.05, 0) is 24.1 Å². The Bertz CT molecular complexity index is 920. The average Bonchev–Trinajstić information content (AvgIpc) is 2.98. The van der Waals surface area contributed by atoms with E-state index in [4.69, 9.17) is 11.6 Å². The molecule has 6 nitrogen and oxygen atoms in total. The van der Waals surface area contributed by atoms with Crippen LogP contribution in [0.25, 0.3) is 10.9 Å². The van der Waals surface area contributed by atoms with Gasteiger partial charge in [0.05, 0.1) is 15.5 Å². The molecule has 0 aliphatic heterocycles. The number of fused-ring (bicyclic) bond motifs is 1. The molecule has 0 unspecified atom stereocenters. The molecular weight excluding hydrogens is 330 g/mol. The van der Waals surface area contributed by atoms with E-state index in [2.05, 4.69) is 10.3 Å².